The molecular formula is C11H15F3N2OS. The first-order valence-corrected chi connectivity index (χ1v) is 6.53. The number of anilines is 1. The molecule has 0 radical (unpaired) electrons. The molecule has 1 fully saturated rings. The van der Waals surface area contributed by atoms with Gasteiger partial charge in [-0.2, -0.15) is 13.2 Å². The number of aliphatic hydroxyl groups is 1. The largest absolute Gasteiger partial charge is 0.427 e. The fourth-order valence-electron chi connectivity index (χ4n) is 2.26. The van der Waals surface area contributed by atoms with Gasteiger partial charge in [-0.1, -0.05) is 11.3 Å². The van der Waals surface area contributed by atoms with Crippen molar-refractivity contribution in [2.24, 2.45) is 0 Å². The highest BCUT2D eigenvalue weighted by atomic mass is 32.1. The molecule has 0 bridgehead atoms. The second-order valence-electron chi connectivity index (χ2n) is 5.01. The van der Waals surface area contributed by atoms with Crippen LogP contribution in [0.5, 0.6) is 0 Å². The van der Waals surface area contributed by atoms with Crippen molar-refractivity contribution in [2.45, 2.75) is 44.5 Å². The van der Waals surface area contributed by atoms with Crippen molar-refractivity contribution in [1.82, 2.24) is 4.98 Å². The number of alkyl halides is 3. The zero-order valence-electron chi connectivity index (χ0n) is 10.2. The highest BCUT2D eigenvalue weighted by Crippen LogP contribution is 2.39. The van der Waals surface area contributed by atoms with Crippen LogP contribution in [0.25, 0.3) is 0 Å². The third kappa shape index (κ3) is 2.61. The molecule has 102 valence electrons. The summed E-state index contributed by atoms with van der Waals surface area (Å²) in [7, 11) is 0. The molecule has 0 aliphatic carbocycles. The summed E-state index contributed by atoms with van der Waals surface area (Å²) in [5.41, 5.74) is -0.944. The second-order valence-corrected chi connectivity index (χ2v) is 6.02. The molecular weight excluding hydrogens is 265 g/mol. The van der Waals surface area contributed by atoms with Crippen LogP contribution in [0.3, 0.4) is 0 Å². The Morgan fingerprint density at radius 2 is 2.11 bits per heavy atom. The number of aromatic nitrogens is 1. The number of hydrogen-bond acceptors (Lipinski definition) is 4. The molecule has 1 aliphatic rings. The molecule has 0 aromatic carbocycles. The first-order valence-electron chi connectivity index (χ1n) is 5.71. The lowest BCUT2D eigenvalue weighted by atomic mass is 9.97. The highest BCUT2D eigenvalue weighted by molar-refractivity contribution is 7.15. The van der Waals surface area contributed by atoms with Crippen molar-refractivity contribution < 1.29 is 18.3 Å². The van der Waals surface area contributed by atoms with Crippen LogP contribution in [0, 0.1) is 0 Å². The van der Waals surface area contributed by atoms with Gasteiger partial charge in [0.25, 0.3) is 0 Å². The smallest absolute Gasteiger partial charge is 0.388 e. The average molecular weight is 280 g/mol. The van der Waals surface area contributed by atoms with Gasteiger partial charge in [-0.25, -0.2) is 4.98 Å². The van der Waals surface area contributed by atoms with Crippen LogP contribution in [0.2, 0.25) is 0 Å². The third-order valence-electron chi connectivity index (χ3n) is 3.09. The molecule has 3 nitrogen and oxygen atoms in total. The predicted octanol–water partition coefficient (Wildman–Crippen LogP) is 2.90. The first-order chi connectivity index (χ1) is 8.19. The van der Waals surface area contributed by atoms with Crippen molar-refractivity contribution in [3.05, 3.63) is 11.1 Å². The Morgan fingerprint density at radius 1 is 1.44 bits per heavy atom. The summed E-state index contributed by atoms with van der Waals surface area (Å²) in [4.78, 5) is 4.92. The number of rotatable bonds is 2. The zero-order valence-corrected chi connectivity index (χ0v) is 11.0. The van der Waals surface area contributed by atoms with Gasteiger partial charge in [-0.3, -0.25) is 0 Å². The molecule has 0 spiro atoms. The lowest BCUT2D eigenvalue weighted by molar-refractivity contribution is -0.134. The number of halogens is 3. The fraction of sp³-hybridized carbons (Fsp3) is 0.727. The Morgan fingerprint density at radius 3 is 2.61 bits per heavy atom. The number of thiazole rings is 1. The second kappa shape index (κ2) is 4.38. The molecule has 1 saturated heterocycles. The van der Waals surface area contributed by atoms with Crippen molar-refractivity contribution in [2.75, 3.05) is 11.4 Å². The van der Waals surface area contributed by atoms with Crippen molar-refractivity contribution in [3.8, 4) is 0 Å². The lowest BCUT2D eigenvalue weighted by Crippen LogP contribution is -2.45. The van der Waals surface area contributed by atoms with Crippen LogP contribution >= 0.6 is 11.3 Å². The summed E-state index contributed by atoms with van der Waals surface area (Å²) in [6, 6.07) is -0.176. The molecule has 1 aliphatic heterocycles. The van der Waals surface area contributed by atoms with Gasteiger partial charge in [0.1, 0.15) is 4.88 Å². The van der Waals surface area contributed by atoms with Crippen LogP contribution in [0.4, 0.5) is 18.3 Å². The minimum atomic E-state index is -4.35. The van der Waals surface area contributed by atoms with E-state index in [9.17, 15) is 18.3 Å². The van der Waals surface area contributed by atoms with Crippen LogP contribution in [-0.4, -0.2) is 28.3 Å². The maximum Gasteiger partial charge on any atom is 0.427 e. The van der Waals surface area contributed by atoms with Crippen LogP contribution in [0.15, 0.2) is 6.20 Å². The molecule has 2 heterocycles. The molecule has 1 aromatic heterocycles. The SMILES string of the molecule is CC(C)(O)C1CCCN1c1ncc(C(F)(F)F)s1. The summed E-state index contributed by atoms with van der Waals surface area (Å²) < 4.78 is 37.6. The third-order valence-corrected chi connectivity index (χ3v) is 4.17. The monoisotopic (exact) mass is 280 g/mol. The van der Waals surface area contributed by atoms with E-state index in [0.29, 0.717) is 23.0 Å². The summed E-state index contributed by atoms with van der Waals surface area (Å²) in [5, 5.41) is 10.4. The van der Waals surface area contributed by atoms with Crippen molar-refractivity contribution >= 4 is 16.5 Å². The maximum absolute atomic E-state index is 12.5. The summed E-state index contributed by atoms with van der Waals surface area (Å²) in [6.07, 6.45) is -1.86. The summed E-state index contributed by atoms with van der Waals surface area (Å²) >= 11 is 0.636. The van der Waals surface area contributed by atoms with Gasteiger partial charge in [-0.15, -0.1) is 0 Å². The molecule has 7 heteroatoms. The van der Waals surface area contributed by atoms with Gasteiger partial charge in [0, 0.05) is 6.54 Å². The van der Waals surface area contributed by atoms with E-state index < -0.39 is 16.7 Å². The average Bonchev–Trinajstić information content (AvgIpc) is 2.84. The topological polar surface area (TPSA) is 36.4 Å². The van der Waals surface area contributed by atoms with Gasteiger partial charge in [0.2, 0.25) is 0 Å². The van der Waals surface area contributed by atoms with Crippen molar-refractivity contribution in [1.29, 1.82) is 0 Å². The summed E-state index contributed by atoms with van der Waals surface area (Å²) in [5.74, 6) is 0. The standard InChI is InChI=1S/C11H15F3N2OS/c1-10(2,17)7-4-3-5-16(7)9-15-6-8(18-9)11(12,13)14/h6-7,17H,3-5H2,1-2H3. The molecule has 0 saturated carbocycles. The molecule has 2 rings (SSSR count). The van der Waals surface area contributed by atoms with Crippen LogP contribution < -0.4 is 4.90 Å². The minimum absolute atomic E-state index is 0.176. The lowest BCUT2D eigenvalue weighted by Gasteiger charge is -2.33. The summed E-state index contributed by atoms with van der Waals surface area (Å²) in [6.45, 7) is 3.99. The maximum atomic E-state index is 12.5. The Kier molecular flexibility index (Phi) is 3.31. The van der Waals surface area contributed by atoms with Gasteiger partial charge < -0.3 is 10.0 Å². The molecule has 1 atom stereocenters. The molecule has 1 aromatic rings. The fourth-order valence-corrected chi connectivity index (χ4v) is 3.12. The first kappa shape index (κ1) is 13.6. The van der Waals surface area contributed by atoms with E-state index >= 15 is 0 Å². The minimum Gasteiger partial charge on any atom is -0.388 e. The van der Waals surface area contributed by atoms with E-state index in [0.717, 1.165) is 19.0 Å². The Balaban J connectivity index is 2.24. The normalized spacial score (nSPS) is 21.7. The number of hydrogen-bond donors (Lipinski definition) is 1. The van der Waals surface area contributed by atoms with E-state index in [2.05, 4.69) is 4.98 Å². The Bertz CT molecular complexity index is 425. The van der Waals surface area contributed by atoms with Crippen LogP contribution in [-0.2, 0) is 6.18 Å². The molecule has 18 heavy (non-hydrogen) atoms. The molecule has 1 N–H and O–H groups in total. The van der Waals surface area contributed by atoms with E-state index in [1.54, 1.807) is 18.7 Å². The Hall–Kier alpha value is -0.820. The van der Waals surface area contributed by atoms with Crippen molar-refractivity contribution in [3.63, 3.8) is 0 Å². The molecule has 1 unspecified atom stereocenters. The van der Waals surface area contributed by atoms with Gasteiger partial charge in [-0.05, 0) is 26.7 Å². The van der Waals surface area contributed by atoms with E-state index in [4.69, 9.17) is 0 Å². The highest BCUT2D eigenvalue weighted by Gasteiger charge is 2.39. The van der Waals surface area contributed by atoms with Gasteiger partial charge >= 0.3 is 6.18 Å². The molecule has 0 amide bonds. The Labute approximate surface area is 107 Å². The number of nitrogens with zero attached hydrogens (tertiary/aromatic N) is 2. The zero-order chi connectivity index (χ0) is 13.6. The van der Waals surface area contributed by atoms with Gasteiger partial charge in [0.15, 0.2) is 5.13 Å². The van der Waals surface area contributed by atoms with E-state index in [1.807, 2.05) is 0 Å². The van der Waals surface area contributed by atoms with Crippen LogP contribution in [0.1, 0.15) is 31.6 Å². The predicted molar refractivity (Wildman–Crippen MR) is 63.8 cm³/mol. The quantitative estimate of drug-likeness (QED) is 0.905. The van der Waals surface area contributed by atoms with E-state index in [1.165, 1.54) is 0 Å². The van der Waals surface area contributed by atoms with Gasteiger partial charge in [0.05, 0.1) is 17.8 Å². The van der Waals surface area contributed by atoms with E-state index in [-0.39, 0.29) is 6.04 Å².